The van der Waals surface area contributed by atoms with E-state index in [0.29, 0.717) is 19.7 Å². The summed E-state index contributed by atoms with van der Waals surface area (Å²) in [7, 11) is 1.66. The summed E-state index contributed by atoms with van der Waals surface area (Å²) in [6.07, 6.45) is 0.823. The number of hydrogen-bond acceptors (Lipinski definition) is 3. The summed E-state index contributed by atoms with van der Waals surface area (Å²) in [4.78, 5) is 16.7. The van der Waals surface area contributed by atoms with Gasteiger partial charge in [-0.25, -0.2) is 4.98 Å². The fourth-order valence-electron chi connectivity index (χ4n) is 2.34. The highest BCUT2D eigenvalue weighted by Gasteiger charge is 2.15. The maximum Gasteiger partial charge on any atom is 0.240 e. The Labute approximate surface area is 125 Å². The van der Waals surface area contributed by atoms with E-state index in [2.05, 4.69) is 24.1 Å². The molecule has 0 saturated heterocycles. The fourth-order valence-corrected chi connectivity index (χ4v) is 2.34. The summed E-state index contributed by atoms with van der Waals surface area (Å²) in [6.45, 7) is 5.78. The molecule has 5 nitrogen and oxygen atoms in total. The molecule has 0 unspecified atom stereocenters. The SMILES string of the molecule is COCCCNC(=O)Cn1c(C(C)C)nc2ccccc21. The maximum absolute atomic E-state index is 12.1. The summed E-state index contributed by atoms with van der Waals surface area (Å²) in [5, 5.41) is 2.92. The van der Waals surface area contributed by atoms with Crippen molar-refractivity contribution in [3.63, 3.8) is 0 Å². The number of fused-ring (bicyclic) bond motifs is 1. The highest BCUT2D eigenvalue weighted by atomic mass is 16.5. The lowest BCUT2D eigenvalue weighted by molar-refractivity contribution is -0.121. The molecule has 0 fully saturated rings. The standard InChI is InChI=1S/C16H23N3O2/c1-12(2)16-18-13-7-4-5-8-14(13)19(16)11-15(20)17-9-6-10-21-3/h4-5,7-8,12H,6,9-11H2,1-3H3,(H,17,20). The van der Waals surface area contributed by atoms with Gasteiger partial charge in [-0.3, -0.25) is 4.79 Å². The van der Waals surface area contributed by atoms with E-state index < -0.39 is 0 Å². The molecule has 2 aromatic rings. The van der Waals surface area contributed by atoms with Crippen molar-refractivity contribution in [2.75, 3.05) is 20.3 Å². The van der Waals surface area contributed by atoms with Gasteiger partial charge in [-0.15, -0.1) is 0 Å². The van der Waals surface area contributed by atoms with Gasteiger partial charge in [-0.2, -0.15) is 0 Å². The van der Waals surface area contributed by atoms with Gasteiger partial charge in [0, 0.05) is 26.2 Å². The minimum atomic E-state index is 0.0103. The van der Waals surface area contributed by atoms with Gasteiger partial charge in [0.25, 0.3) is 0 Å². The van der Waals surface area contributed by atoms with E-state index in [4.69, 9.17) is 4.74 Å². The van der Waals surface area contributed by atoms with Crippen LogP contribution in [0.2, 0.25) is 0 Å². The van der Waals surface area contributed by atoms with Gasteiger partial charge in [-0.1, -0.05) is 26.0 Å². The van der Waals surface area contributed by atoms with Crippen molar-refractivity contribution in [2.45, 2.75) is 32.7 Å². The van der Waals surface area contributed by atoms with Gasteiger partial charge in [-0.05, 0) is 18.6 Å². The Balaban J connectivity index is 2.13. The number of nitrogens with one attached hydrogen (secondary N) is 1. The van der Waals surface area contributed by atoms with Crippen LogP contribution in [0.25, 0.3) is 11.0 Å². The van der Waals surface area contributed by atoms with Gasteiger partial charge in [0.15, 0.2) is 0 Å². The van der Waals surface area contributed by atoms with Crippen LogP contribution in [0, 0.1) is 0 Å². The van der Waals surface area contributed by atoms with Crippen LogP contribution in [-0.2, 0) is 16.1 Å². The normalized spacial score (nSPS) is 11.2. The quantitative estimate of drug-likeness (QED) is 0.796. The molecule has 1 aromatic heterocycles. The monoisotopic (exact) mass is 289 g/mol. The molecule has 1 aromatic carbocycles. The number of imidazole rings is 1. The molecule has 1 heterocycles. The molecule has 0 aliphatic rings. The molecule has 2 rings (SSSR count). The second-order valence-corrected chi connectivity index (χ2v) is 5.40. The average molecular weight is 289 g/mol. The molecule has 0 spiro atoms. The Morgan fingerprint density at radius 2 is 2.14 bits per heavy atom. The predicted octanol–water partition coefficient (Wildman–Crippen LogP) is 2.31. The summed E-state index contributed by atoms with van der Waals surface area (Å²) in [6, 6.07) is 7.93. The molecule has 0 aliphatic heterocycles. The number of nitrogens with zero attached hydrogens (tertiary/aromatic N) is 2. The maximum atomic E-state index is 12.1. The van der Waals surface area contributed by atoms with Crippen molar-refractivity contribution in [3.8, 4) is 0 Å². The van der Waals surface area contributed by atoms with Crippen molar-refractivity contribution in [3.05, 3.63) is 30.1 Å². The second-order valence-electron chi connectivity index (χ2n) is 5.40. The van der Waals surface area contributed by atoms with Crippen LogP contribution < -0.4 is 5.32 Å². The van der Waals surface area contributed by atoms with E-state index in [0.717, 1.165) is 23.3 Å². The summed E-state index contributed by atoms with van der Waals surface area (Å²) < 4.78 is 6.98. The van der Waals surface area contributed by atoms with E-state index in [1.54, 1.807) is 7.11 Å². The van der Waals surface area contributed by atoms with Gasteiger partial charge < -0.3 is 14.6 Å². The van der Waals surface area contributed by atoms with Crippen LogP contribution in [0.5, 0.6) is 0 Å². The highest BCUT2D eigenvalue weighted by molar-refractivity contribution is 5.81. The van der Waals surface area contributed by atoms with Crippen molar-refractivity contribution in [2.24, 2.45) is 0 Å². The van der Waals surface area contributed by atoms with E-state index in [9.17, 15) is 4.79 Å². The smallest absolute Gasteiger partial charge is 0.240 e. The van der Waals surface area contributed by atoms with E-state index in [1.165, 1.54) is 0 Å². The van der Waals surface area contributed by atoms with Gasteiger partial charge >= 0.3 is 0 Å². The average Bonchev–Trinajstić information content (AvgIpc) is 2.83. The van der Waals surface area contributed by atoms with Crippen molar-refractivity contribution >= 4 is 16.9 Å². The number of aromatic nitrogens is 2. The zero-order valence-electron chi connectivity index (χ0n) is 12.9. The molecule has 0 bridgehead atoms. The zero-order chi connectivity index (χ0) is 15.2. The highest BCUT2D eigenvalue weighted by Crippen LogP contribution is 2.21. The third-order valence-corrected chi connectivity index (χ3v) is 3.35. The Morgan fingerprint density at radius 3 is 2.86 bits per heavy atom. The first-order chi connectivity index (χ1) is 10.1. The predicted molar refractivity (Wildman–Crippen MR) is 83.3 cm³/mol. The Bertz CT molecular complexity index is 605. The number of benzene rings is 1. The third-order valence-electron chi connectivity index (χ3n) is 3.35. The van der Waals surface area contributed by atoms with Crippen molar-refractivity contribution in [1.29, 1.82) is 0 Å². The largest absolute Gasteiger partial charge is 0.385 e. The molecular weight excluding hydrogens is 266 g/mol. The number of hydrogen-bond donors (Lipinski definition) is 1. The van der Waals surface area contributed by atoms with Gasteiger partial charge in [0.1, 0.15) is 12.4 Å². The number of amides is 1. The Hall–Kier alpha value is -1.88. The molecule has 21 heavy (non-hydrogen) atoms. The van der Waals surface area contributed by atoms with Crippen LogP contribution in [0.4, 0.5) is 0 Å². The number of ether oxygens (including phenoxy) is 1. The third kappa shape index (κ3) is 3.82. The van der Waals surface area contributed by atoms with Crippen molar-refractivity contribution in [1.82, 2.24) is 14.9 Å². The summed E-state index contributed by atoms with van der Waals surface area (Å²) >= 11 is 0. The second kappa shape index (κ2) is 7.22. The number of carbonyl (C=O) groups is 1. The first-order valence-electron chi connectivity index (χ1n) is 7.34. The van der Waals surface area contributed by atoms with Crippen LogP contribution in [0.1, 0.15) is 32.0 Å². The zero-order valence-corrected chi connectivity index (χ0v) is 12.9. The van der Waals surface area contributed by atoms with Crippen LogP contribution in [-0.4, -0.2) is 35.7 Å². The number of carbonyl (C=O) groups excluding carboxylic acids is 1. The number of rotatable bonds is 7. The molecule has 114 valence electrons. The van der Waals surface area contributed by atoms with Crippen LogP contribution in [0.15, 0.2) is 24.3 Å². The van der Waals surface area contributed by atoms with E-state index >= 15 is 0 Å². The molecule has 0 radical (unpaired) electrons. The minimum absolute atomic E-state index is 0.0103. The summed E-state index contributed by atoms with van der Waals surface area (Å²) in [5.41, 5.74) is 1.95. The summed E-state index contributed by atoms with van der Waals surface area (Å²) in [5.74, 6) is 1.23. The van der Waals surface area contributed by atoms with Gasteiger partial charge in [0.05, 0.1) is 11.0 Å². The van der Waals surface area contributed by atoms with E-state index in [1.807, 2.05) is 28.8 Å². The molecule has 0 aliphatic carbocycles. The lowest BCUT2D eigenvalue weighted by Gasteiger charge is -2.11. The first-order valence-corrected chi connectivity index (χ1v) is 7.34. The molecule has 0 atom stereocenters. The minimum Gasteiger partial charge on any atom is -0.385 e. The fraction of sp³-hybridized carbons (Fsp3) is 0.500. The molecule has 1 N–H and O–H groups in total. The lowest BCUT2D eigenvalue weighted by atomic mass is 10.2. The number of para-hydroxylation sites is 2. The first kappa shape index (κ1) is 15.5. The van der Waals surface area contributed by atoms with Crippen LogP contribution in [0.3, 0.4) is 0 Å². The molecular formula is C16H23N3O2. The van der Waals surface area contributed by atoms with E-state index in [-0.39, 0.29) is 11.8 Å². The molecule has 5 heteroatoms. The van der Waals surface area contributed by atoms with Crippen LogP contribution >= 0.6 is 0 Å². The number of methoxy groups -OCH3 is 1. The Morgan fingerprint density at radius 1 is 1.38 bits per heavy atom. The van der Waals surface area contributed by atoms with Crippen molar-refractivity contribution < 1.29 is 9.53 Å². The molecule has 1 amide bonds. The topological polar surface area (TPSA) is 56.1 Å². The lowest BCUT2D eigenvalue weighted by Crippen LogP contribution is -2.29. The Kier molecular flexibility index (Phi) is 5.33. The van der Waals surface area contributed by atoms with Gasteiger partial charge in [0.2, 0.25) is 5.91 Å². The molecule has 0 saturated carbocycles.